The molecule has 1 saturated heterocycles. The third-order valence-electron chi connectivity index (χ3n) is 4.46. The standard InChI is InChI=1S/C17H16N6O/c1-11-3-4-14-15(20-11)16(13(9-18)17(24)21-14)22-8-5-12(10-22)23-7-2-6-19-23/h2-4,6-7,12H,5,8,10H2,1H3,(H,21,24). The van der Waals surface area contributed by atoms with E-state index in [2.05, 4.69) is 26.0 Å². The van der Waals surface area contributed by atoms with E-state index in [-0.39, 0.29) is 17.2 Å². The molecule has 0 aliphatic carbocycles. The van der Waals surface area contributed by atoms with Crippen molar-refractivity contribution in [3.63, 3.8) is 0 Å². The lowest BCUT2D eigenvalue weighted by Crippen LogP contribution is -2.26. The number of hydrogen-bond acceptors (Lipinski definition) is 5. The molecule has 0 amide bonds. The largest absolute Gasteiger partial charge is 0.366 e. The fraction of sp³-hybridized carbons (Fsp3) is 0.294. The Hall–Kier alpha value is -3.14. The van der Waals surface area contributed by atoms with Gasteiger partial charge in [0.2, 0.25) is 0 Å². The van der Waals surface area contributed by atoms with Crippen molar-refractivity contribution in [3.8, 4) is 6.07 Å². The monoisotopic (exact) mass is 320 g/mol. The quantitative estimate of drug-likeness (QED) is 0.777. The van der Waals surface area contributed by atoms with E-state index < -0.39 is 0 Å². The van der Waals surface area contributed by atoms with Gasteiger partial charge in [-0.2, -0.15) is 10.4 Å². The molecule has 0 saturated carbocycles. The number of nitrogens with one attached hydrogen (secondary N) is 1. The number of fused-ring (bicyclic) bond motifs is 1. The van der Waals surface area contributed by atoms with E-state index in [4.69, 9.17) is 0 Å². The van der Waals surface area contributed by atoms with Gasteiger partial charge in [-0.25, -0.2) is 4.98 Å². The molecule has 1 N–H and O–H groups in total. The summed E-state index contributed by atoms with van der Waals surface area (Å²) in [6.07, 6.45) is 4.61. The number of hydrogen-bond donors (Lipinski definition) is 1. The highest BCUT2D eigenvalue weighted by Crippen LogP contribution is 2.32. The van der Waals surface area contributed by atoms with Crippen molar-refractivity contribution in [2.45, 2.75) is 19.4 Å². The lowest BCUT2D eigenvalue weighted by atomic mass is 10.1. The summed E-state index contributed by atoms with van der Waals surface area (Å²) in [4.78, 5) is 21.7. The highest BCUT2D eigenvalue weighted by molar-refractivity contribution is 5.91. The van der Waals surface area contributed by atoms with E-state index in [0.717, 1.165) is 18.7 Å². The first kappa shape index (κ1) is 14.5. The summed E-state index contributed by atoms with van der Waals surface area (Å²) in [5.41, 5.74) is 2.57. The Kier molecular flexibility index (Phi) is 3.31. The van der Waals surface area contributed by atoms with E-state index in [1.54, 1.807) is 6.20 Å². The van der Waals surface area contributed by atoms with Gasteiger partial charge in [-0.3, -0.25) is 9.48 Å². The molecule has 7 heteroatoms. The molecule has 1 aliphatic rings. The molecular weight excluding hydrogens is 304 g/mol. The van der Waals surface area contributed by atoms with Gasteiger partial charge in [0.25, 0.3) is 5.56 Å². The zero-order valence-corrected chi connectivity index (χ0v) is 13.2. The number of nitriles is 1. The molecule has 0 bridgehead atoms. The van der Waals surface area contributed by atoms with Crippen LogP contribution in [0.15, 0.2) is 35.4 Å². The van der Waals surface area contributed by atoms with E-state index in [9.17, 15) is 10.1 Å². The van der Waals surface area contributed by atoms with Gasteiger partial charge in [-0.05, 0) is 31.5 Å². The number of rotatable bonds is 2. The van der Waals surface area contributed by atoms with E-state index >= 15 is 0 Å². The van der Waals surface area contributed by atoms with Crippen molar-refractivity contribution in [1.29, 1.82) is 5.26 Å². The lowest BCUT2D eigenvalue weighted by Gasteiger charge is -2.21. The van der Waals surface area contributed by atoms with Crippen molar-refractivity contribution in [2.75, 3.05) is 18.0 Å². The number of pyridine rings is 2. The maximum absolute atomic E-state index is 12.3. The number of nitrogens with zero attached hydrogens (tertiary/aromatic N) is 5. The van der Waals surface area contributed by atoms with Crippen LogP contribution in [0.1, 0.15) is 23.7 Å². The van der Waals surface area contributed by atoms with Crippen LogP contribution in [-0.2, 0) is 0 Å². The number of aromatic amines is 1. The van der Waals surface area contributed by atoms with Crippen LogP contribution in [0, 0.1) is 18.3 Å². The minimum Gasteiger partial charge on any atom is -0.366 e. The first-order chi connectivity index (χ1) is 11.7. The van der Waals surface area contributed by atoms with Crippen LogP contribution >= 0.6 is 0 Å². The average Bonchev–Trinajstić information content (AvgIpc) is 3.25. The molecule has 24 heavy (non-hydrogen) atoms. The summed E-state index contributed by atoms with van der Waals surface area (Å²) >= 11 is 0. The van der Waals surface area contributed by atoms with Crippen LogP contribution in [0.25, 0.3) is 11.0 Å². The maximum atomic E-state index is 12.3. The molecule has 0 spiro atoms. The molecule has 1 unspecified atom stereocenters. The molecule has 120 valence electrons. The zero-order valence-electron chi connectivity index (χ0n) is 13.2. The topological polar surface area (TPSA) is 90.6 Å². The molecule has 4 rings (SSSR count). The molecule has 0 aromatic carbocycles. The molecule has 1 aliphatic heterocycles. The fourth-order valence-electron chi connectivity index (χ4n) is 3.32. The molecule has 1 fully saturated rings. The molecule has 0 radical (unpaired) electrons. The molecule has 1 atom stereocenters. The van der Waals surface area contributed by atoms with Gasteiger partial charge in [-0.15, -0.1) is 0 Å². The summed E-state index contributed by atoms with van der Waals surface area (Å²) in [6, 6.07) is 7.87. The number of aromatic nitrogens is 4. The van der Waals surface area contributed by atoms with Crippen molar-refractivity contribution in [3.05, 3.63) is 52.2 Å². The SMILES string of the molecule is Cc1ccc2[nH]c(=O)c(C#N)c(N3CCC(n4cccn4)C3)c2n1. The third kappa shape index (κ3) is 2.24. The molecule has 3 aromatic rings. The van der Waals surface area contributed by atoms with Crippen molar-refractivity contribution < 1.29 is 0 Å². The Morgan fingerprint density at radius 2 is 2.29 bits per heavy atom. The Morgan fingerprint density at radius 1 is 1.42 bits per heavy atom. The molecule has 3 aromatic heterocycles. The van der Waals surface area contributed by atoms with Crippen LogP contribution < -0.4 is 10.5 Å². The predicted molar refractivity (Wildman–Crippen MR) is 89.9 cm³/mol. The predicted octanol–water partition coefficient (Wildman–Crippen LogP) is 1.75. The number of aryl methyl sites for hydroxylation is 1. The van der Waals surface area contributed by atoms with Crippen LogP contribution in [0.3, 0.4) is 0 Å². The first-order valence-corrected chi connectivity index (χ1v) is 7.85. The summed E-state index contributed by atoms with van der Waals surface area (Å²) in [5, 5.41) is 13.8. The van der Waals surface area contributed by atoms with Gasteiger partial charge in [0, 0.05) is 31.2 Å². The van der Waals surface area contributed by atoms with Gasteiger partial charge in [0.1, 0.15) is 17.1 Å². The van der Waals surface area contributed by atoms with E-state index in [1.165, 1.54) is 0 Å². The van der Waals surface area contributed by atoms with E-state index in [1.807, 2.05) is 36.0 Å². The van der Waals surface area contributed by atoms with Crippen molar-refractivity contribution >= 4 is 16.7 Å². The Morgan fingerprint density at radius 3 is 3.04 bits per heavy atom. The number of anilines is 1. The maximum Gasteiger partial charge on any atom is 0.268 e. The van der Waals surface area contributed by atoms with Crippen LogP contribution in [0.2, 0.25) is 0 Å². The van der Waals surface area contributed by atoms with Gasteiger partial charge in [0.05, 0.1) is 17.2 Å². The fourth-order valence-corrected chi connectivity index (χ4v) is 3.32. The first-order valence-electron chi connectivity index (χ1n) is 7.85. The van der Waals surface area contributed by atoms with Crippen LogP contribution in [0.4, 0.5) is 5.69 Å². The second kappa shape index (κ2) is 5.49. The summed E-state index contributed by atoms with van der Waals surface area (Å²) in [6.45, 7) is 3.36. The summed E-state index contributed by atoms with van der Waals surface area (Å²) < 4.78 is 1.93. The smallest absolute Gasteiger partial charge is 0.268 e. The normalized spacial score (nSPS) is 17.3. The number of H-pyrrole nitrogens is 1. The van der Waals surface area contributed by atoms with Gasteiger partial charge in [-0.1, -0.05) is 0 Å². The third-order valence-corrected chi connectivity index (χ3v) is 4.46. The molecular formula is C17H16N6O. The van der Waals surface area contributed by atoms with E-state index in [0.29, 0.717) is 23.3 Å². The van der Waals surface area contributed by atoms with Crippen molar-refractivity contribution in [2.24, 2.45) is 0 Å². The Labute approximate surface area is 138 Å². The minimum atomic E-state index is -0.367. The van der Waals surface area contributed by atoms with Crippen LogP contribution in [-0.4, -0.2) is 32.8 Å². The molecule has 7 nitrogen and oxygen atoms in total. The summed E-state index contributed by atoms with van der Waals surface area (Å²) in [5.74, 6) is 0. The minimum absolute atomic E-state index is 0.127. The van der Waals surface area contributed by atoms with Gasteiger partial charge in [0.15, 0.2) is 0 Å². The zero-order chi connectivity index (χ0) is 16.7. The Balaban J connectivity index is 1.85. The second-order valence-electron chi connectivity index (χ2n) is 6.01. The average molecular weight is 320 g/mol. The van der Waals surface area contributed by atoms with Crippen molar-refractivity contribution in [1.82, 2.24) is 19.7 Å². The van der Waals surface area contributed by atoms with Gasteiger partial charge < -0.3 is 9.88 Å². The molecule has 4 heterocycles. The lowest BCUT2D eigenvalue weighted by molar-refractivity contribution is 0.495. The Bertz CT molecular complexity index is 998. The van der Waals surface area contributed by atoms with Gasteiger partial charge >= 0.3 is 0 Å². The second-order valence-corrected chi connectivity index (χ2v) is 6.01. The highest BCUT2D eigenvalue weighted by Gasteiger charge is 2.28. The van der Waals surface area contributed by atoms with Crippen LogP contribution in [0.5, 0.6) is 0 Å². The highest BCUT2D eigenvalue weighted by atomic mass is 16.1. The summed E-state index contributed by atoms with van der Waals surface area (Å²) in [7, 11) is 0.